The zero-order valence-electron chi connectivity index (χ0n) is 16.9. The number of fused-ring (bicyclic) bond motifs is 1. The lowest BCUT2D eigenvalue weighted by atomic mass is 10.00. The monoisotopic (exact) mass is 450 g/mol. The molecule has 31 heavy (non-hydrogen) atoms. The third-order valence-corrected chi connectivity index (χ3v) is 5.79. The van der Waals surface area contributed by atoms with Crippen LogP contribution in [0.1, 0.15) is 18.1 Å². The van der Waals surface area contributed by atoms with Crippen molar-refractivity contribution in [1.82, 2.24) is 5.32 Å². The predicted octanol–water partition coefficient (Wildman–Crippen LogP) is 5.03. The summed E-state index contributed by atoms with van der Waals surface area (Å²) in [5, 5.41) is 4.92. The molecule has 5 nitrogen and oxygen atoms in total. The molecule has 1 aliphatic rings. The van der Waals surface area contributed by atoms with Crippen LogP contribution in [-0.2, 0) is 9.59 Å². The van der Waals surface area contributed by atoms with E-state index in [2.05, 4.69) is 5.32 Å². The van der Waals surface area contributed by atoms with Gasteiger partial charge in [-0.3, -0.25) is 19.8 Å². The van der Waals surface area contributed by atoms with E-state index in [1.165, 1.54) is 4.90 Å². The minimum absolute atomic E-state index is 0.0118. The first-order valence-electron chi connectivity index (χ1n) is 9.73. The molecule has 1 saturated heterocycles. The number of hydrogen-bond donors (Lipinski definition) is 1. The van der Waals surface area contributed by atoms with Crippen LogP contribution in [0.15, 0.2) is 60.2 Å². The molecule has 0 spiro atoms. The molecule has 3 aromatic carbocycles. The Hall–Kier alpha value is -3.22. The molecule has 4 rings (SSSR count). The van der Waals surface area contributed by atoms with Crippen molar-refractivity contribution >= 4 is 63.3 Å². The molecule has 1 heterocycles. The van der Waals surface area contributed by atoms with Gasteiger partial charge in [0.05, 0.1) is 12.3 Å². The highest BCUT2D eigenvalue weighted by Crippen LogP contribution is 2.32. The van der Waals surface area contributed by atoms with Gasteiger partial charge in [0, 0.05) is 10.4 Å². The van der Waals surface area contributed by atoms with Gasteiger partial charge >= 0.3 is 0 Å². The van der Waals surface area contributed by atoms with E-state index in [9.17, 15) is 9.59 Å². The lowest BCUT2D eigenvalue weighted by Gasteiger charge is -2.30. The number of thiocarbonyl (C=S) groups is 1. The van der Waals surface area contributed by atoms with E-state index in [1.807, 2.05) is 43.3 Å². The van der Waals surface area contributed by atoms with Gasteiger partial charge in [0.15, 0.2) is 5.11 Å². The van der Waals surface area contributed by atoms with Crippen LogP contribution in [-0.4, -0.2) is 23.5 Å². The van der Waals surface area contributed by atoms with E-state index in [1.54, 1.807) is 31.2 Å². The number of rotatable bonds is 4. The van der Waals surface area contributed by atoms with Gasteiger partial charge in [-0.1, -0.05) is 48.0 Å². The highest BCUT2D eigenvalue weighted by Gasteiger charge is 2.35. The van der Waals surface area contributed by atoms with E-state index < -0.39 is 11.8 Å². The van der Waals surface area contributed by atoms with Crippen molar-refractivity contribution in [3.63, 3.8) is 0 Å². The van der Waals surface area contributed by atoms with Crippen LogP contribution in [0.5, 0.6) is 5.75 Å². The molecule has 1 aliphatic heterocycles. The zero-order chi connectivity index (χ0) is 22.1. The molecule has 0 bridgehead atoms. The van der Waals surface area contributed by atoms with Crippen LogP contribution in [0, 0.1) is 6.92 Å². The molecule has 2 amide bonds. The maximum atomic E-state index is 13.4. The third kappa shape index (κ3) is 3.80. The molecule has 7 heteroatoms. The minimum atomic E-state index is -0.538. The number of nitrogens with zero attached hydrogens (tertiary/aromatic N) is 1. The fourth-order valence-corrected chi connectivity index (χ4v) is 4.02. The lowest BCUT2D eigenvalue weighted by Crippen LogP contribution is -2.54. The lowest BCUT2D eigenvalue weighted by molar-refractivity contribution is -0.122. The average Bonchev–Trinajstić information content (AvgIpc) is 2.75. The van der Waals surface area contributed by atoms with Gasteiger partial charge in [0.25, 0.3) is 11.8 Å². The molecule has 1 fully saturated rings. The van der Waals surface area contributed by atoms with Crippen LogP contribution >= 0.6 is 23.8 Å². The first-order chi connectivity index (χ1) is 14.9. The van der Waals surface area contributed by atoms with Crippen molar-refractivity contribution in [3.05, 3.63) is 76.3 Å². The minimum Gasteiger partial charge on any atom is -0.493 e. The quantitative estimate of drug-likeness (QED) is 0.344. The van der Waals surface area contributed by atoms with Crippen molar-refractivity contribution in [2.24, 2.45) is 0 Å². The van der Waals surface area contributed by atoms with Crippen LogP contribution in [0.3, 0.4) is 0 Å². The number of amides is 2. The Labute approximate surface area is 190 Å². The molecule has 1 N–H and O–H groups in total. The summed E-state index contributed by atoms with van der Waals surface area (Å²) in [5.41, 5.74) is 1.95. The SMILES string of the molecule is CCOc1ccc(/C=C2\C(=O)NC(=S)N(c3cccc(Cl)c3C)C2=O)c2ccccc12. The topological polar surface area (TPSA) is 58.6 Å². The second kappa shape index (κ2) is 8.49. The standard InChI is InChI=1S/C24H19ClN2O3S/c1-3-30-21-12-11-15(16-7-4-5-8-17(16)21)13-18-22(28)26-24(31)27(23(18)29)20-10-6-9-19(25)14(20)2/h4-13H,3H2,1-2H3,(H,26,28,31)/b18-13+. The maximum absolute atomic E-state index is 13.4. The Balaban J connectivity index is 1.83. The molecule has 3 aromatic rings. The van der Waals surface area contributed by atoms with Crippen molar-refractivity contribution < 1.29 is 14.3 Å². The van der Waals surface area contributed by atoms with Crippen LogP contribution < -0.4 is 15.0 Å². The molecule has 0 aliphatic carbocycles. The Morgan fingerprint density at radius 1 is 1.06 bits per heavy atom. The maximum Gasteiger partial charge on any atom is 0.270 e. The smallest absolute Gasteiger partial charge is 0.270 e. The highest BCUT2D eigenvalue weighted by molar-refractivity contribution is 7.80. The molecule has 0 saturated carbocycles. The van der Waals surface area contributed by atoms with Gasteiger partial charge in [-0.05, 0) is 66.9 Å². The number of carbonyl (C=O) groups excluding carboxylic acids is 2. The molecular formula is C24H19ClN2O3S. The van der Waals surface area contributed by atoms with E-state index in [-0.39, 0.29) is 10.7 Å². The predicted molar refractivity (Wildman–Crippen MR) is 128 cm³/mol. The van der Waals surface area contributed by atoms with E-state index in [4.69, 9.17) is 28.6 Å². The molecule has 0 atom stereocenters. The summed E-state index contributed by atoms with van der Waals surface area (Å²) in [7, 11) is 0. The van der Waals surface area contributed by atoms with E-state index >= 15 is 0 Å². The molecular weight excluding hydrogens is 432 g/mol. The van der Waals surface area contributed by atoms with Gasteiger partial charge in [0.1, 0.15) is 11.3 Å². The van der Waals surface area contributed by atoms with Gasteiger partial charge in [-0.25, -0.2) is 0 Å². The van der Waals surface area contributed by atoms with Crippen LogP contribution in [0.25, 0.3) is 16.8 Å². The largest absolute Gasteiger partial charge is 0.493 e. The number of nitrogens with one attached hydrogen (secondary N) is 1. The van der Waals surface area contributed by atoms with Crippen LogP contribution in [0.2, 0.25) is 5.02 Å². The molecule has 0 aromatic heterocycles. The van der Waals surface area contributed by atoms with Crippen molar-refractivity contribution in [3.8, 4) is 5.75 Å². The third-order valence-electron chi connectivity index (χ3n) is 5.10. The Kier molecular flexibility index (Phi) is 5.76. The summed E-state index contributed by atoms with van der Waals surface area (Å²) < 4.78 is 5.71. The Morgan fingerprint density at radius 2 is 1.81 bits per heavy atom. The number of hydrogen-bond acceptors (Lipinski definition) is 4. The second-order valence-electron chi connectivity index (χ2n) is 6.97. The van der Waals surface area contributed by atoms with Gasteiger partial charge in [-0.15, -0.1) is 0 Å². The summed E-state index contributed by atoms with van der Waals surface area (Å²) in [6.45, 7) is 4.26. The normalized spacial score (nSPS) is 15.5. The Bertz CT molecular complexity index is 1270. The van der Waals surface area contributed by atoms with Crippen molar-refractivity contribution in [2.45, 2.75) is 13.8 Å². The van der Waals surface area contributed by atoms with Gasteiger partial charge < -0.3 is 4.74 Å². The summed E-state index contributed by atoms with van der Waals surface area (Å²) >= 11 is 11.5. The summed E-state index contributed by atoms with van der Waals surface area (Å²) in [6.07, 6.45) is 1.59. The molecule has 0 unspecified atom stereocenters. The molecule has 156 valence electrons. The first-order valence-corrected chi connectivity index (χ1v) is 10.5. The summed E-state index contributed by atoms with van der Waals surface area (Å²) in [6, 6.07) is 16.6. The number of benzene rings is 3. The molecule has 0 radical (unpaired) electrons. The number of anilines is 1. The van der Waals surface area contributed by atoms with E-state index in [0.717, 1.165) is 22.1 Å². The second-order valence-corrected chi connectivity index (χ2v) is 7.77. The average molecular weight is 451 g/mol. The van der Waals surface area contributed by atoms with Crippen molar-refractivity contribution in [1.29, 1.82) is 0 Å². The number of carbonyl (C=O) groups is 2. The van der Waals surface area contributed by atoms with Crippen molar-refractivity contribution in [2.75, 3.05) is 11.5 Å². The first kappa shape index (κ1) is 21.0. The number of ether oxygens (including phenoxy) is 1. The highest BCUT2D eigenvalue weighted by atomic mass is 35.5. The number of halogens is 1. The zero-order valence-corrected chi connectivity index (χ0v) is 18.5. The van der Waals surface area contributed by atoms with Gasteiger partial charge in [-0.2, -0.15) is 0 Å². The van der Waals surface area contributed by atoms with Crippen LogP contribution in [0.4, 0.5) is 5.69 Å². The fraction of sp³-hybridized carbons (Fsp3) is 0.125. The summed E-state index contributed by atoms with van der Waals surface area (Å²) in [5.74, 6) is -0.294. The summed E-state index contributed by atoms with van der Waals surface area (Å²) in [4.78, 5) is 27.4. The Morgan fingerprint density at radius 3 is 2.55 bits per heavy atom. The van der Waals surface area contributed by atoms with Gasteiger partial charge in [0.2, 0.25) is 0 Å². The fourth-order valence-electron chi connectivity index (χ4n) is 3.57. The van der Waals surface area contributed by atoms with E-state index in [0.29, 0.717) is 22.9 Å².